The van der Waals surface area contributed by atoms with Crippen LogP contribution in [0, 0.1) is 25.7 Å². The zero-order valence-electron chi connectivity index (χ0n) is 11.8. The van der Waals surface area contributed by atoms with Crippen LogP contribution in [-0.2, 0) is 6.54 Å². The molecule has 0 bridgehead atoms. The number of hydrogen-bond donors (Lipinski definition) is 2. The minimum atomic E-state index is -0.252. The van der Waals surface area contributed by atoms with E-state index in [4.69, 9.17) is 9.63 Å². The van der Waals surface area contributed by atoms with Gasteiger partial charge in [0.15, 0.2) is 5.82 Å². The van der Waals surface area contributed by atoms with E-state index in [1.54, 1.807) is 19.1 Å². The number of aryl methyl sites for hydroxylation is 2. The molecule has 0 spiro atoms. The smallest absolute Gasteiger partial charge is 0.251 e. The summed E-state index contributed by atoms with van der Waals surface area (Å²) in [5.74, 6) is 6.01. The number of aliphatic hydroxyl groups excluding tert-OH is 1. The highest BCUT2D eigenvalue weighted by Crippen LogP contribution is 2.10. The Kier molecular flexibility index (Phi) is 4.69. The third-order valence-electron chi connectivity index (χ3n) is 2.77. The van der Waals surface area contributed by atoms with Crippen LogP contribution in [0.4, 0.5) is 0 Å². The maximum absolute atomic E-state index is 12.1. The molecule has 0 aliphatic carbocycles. The first-order valence-corrected chi connectivity index (χ1v) is 6.38. The standard InChI is InChI=1S/C15H15N3O3/c1-10-5-6-13(8-12(10)4-3-7-19)15(20)16-9-14-17-11(2)18-21-14/h5-6,8,19H,7,9H2,1-2H3,(H,16,20). The molecule has 0 saturated carbocycles. The van der Waals surface area contributed by atoms with Crippen LogP contribution in [0.2, 0.25) is 0 Å². The molecule has 1 amide bonds. The van der Waals surface area contributed by atoms with E-state index >= 15 is 0 Å². The molecule has 1 aromatic carbocycles. The number of amides is 1. The molecule has 0 unspecified atom stereocenters. The normalized spacial score (nSPS) is 9.86. The van der Waals surface area contributed by atoms with Crippen LogP contribution in [0.25, 0.3) is 0 Å². The van der Waals surface area contributed by atoms with Gasteiger partial charge >= 0.3 is 0 Å². The van der Waals surface area contributed by atoms with Gasteiger partial charge in [0.1, 0.15) is 6.61 Å². The highest BCUT2D eigenvalue weighted by Gasteiger charge is 2.09. The Balaban J connectivity index is 2.08. The average molecular weight is 285 g/mol. The van der Waals surface area contributed by atoms with Crippen LogP contribution in [0.3, 0.4) is 0 Å². The maximum Gasteiger partial charge on any atom is 0.251 e. The maximum atomic E-state index is 12.1. The van der Waals surface area contributed by atoms with Crippen LogP contribution < -0.4 is 5.32 Å². The van der Waals surface area contributed by atoms with E-state index in [9.17, 15) is 4.79 Å². The first-order valence-electron chi connectivity index (χ1n) is 6.38. The van der Waals surface area contributed by atoms with Gasteiger partial charge in [0, 0.05) is 11.1 Å². The number of rotatable bonds is 3. The Hall–Kier alpha value is -2.65. The van der Waals surface area contributed by atoms with Gasteiger partial charge in [0.05, 0.1) is 6.54 Å². The van der Waals surface area contributed by atoms with Crippen molar-refractivity contribution < 1.29 is 14.4 Å². The molecule has 0 aliphatic rings. The summed E-state index contributed by atoms with van der Waals surface area (Å²) in [7, 11) is 0. The van der Waals surface area contributed by atoms with Crippen molar-refractivity contribution in [2.45, 2.75) is 20.4 Å². The number of nitrogens with one attached hydrogen (secondary N) is 1. The lowest BCUT2D eigenvalue weighted by molar-refractivity contribution is 0.0946. The van der Waals surface area contributed by atoms with E-state index in [1.807, 2.05) is 13.0 Å². The van der Waals surface area contributed by atoms with E-state index < -0.39 is 0 Å². The van der Waals surface area contributed by atoms with Crippen LogP contribution in [0.1, 0.15) is 33.2 Å². The number of carbonyl (C=O) groups is 1. The molecule has 6 heteroatoms. The third kappa shape index (κ3) is 3.91. The Bertz CT molecular complexity index is 710. The highest BCUT2D eigenvalue weighted by atomic mass is 16.5. The molecule has 0 saturated heterocycles. The fourth-order valence-electron chi connectivity index (χ4n) is 1.70. The fraction of sp³-hybridized carbons (Fsp3) is 0.267. The van der Waals surface area contributed by atoms with Crippen LogP contribution in [-0.4, -0.2) is 27.8 Å². The van der Waals surface area contributed by atoms with Crippen molar-refractivity contribution in [1.29, 1.82) is 0 Å². The van der Waals surface area contributed by atoms with Gasteiger partial charge in [-0.15, -0.1) is 0 Å². The SMILES string of the molecule is Cc1noc(CNC(=O)c2ccc(C)c(C#CCO)c2)n1. The molecule has 2 rings (SSSR count). The molecular weight excluding hydrogens is 270 g/mol. The number of benzene rings is 1. The van der Waals surface area contributed by atoms with Crippen molar-refractivity contribution in [1.82, 2.24) is 15.5 Å². The second kappa shape index (κ2) is 6.68. The van der Waals surface area contributed by atoms with Crippen molar-refractivity contribution in [3.8, 4) is 11.8 Å². The number of carbonyl (C=O) groups excluding carboxylic acids is 1. The summed E-state index contributed by atoms with van der Waals surface area (Å²) in [4.78, 5) is 16.1. The largest absolute Gasteiger partial charge is 0.384 e. The minimum absolute atomic E-state index is 0.172. The predicted octanol–water partition coefficient (Wildman–Crippen LogP) is 0.960. The van der Waals surface area contributed by atoms with Crippen molar-refractivity contribution in [2.75, 3.05) is 6.61 Å². The zero-order chi connectivity index (χ0) is 15.2. The van der Waals surface area contributed by atoms with E-state index in [0.717, 1.165) is 5.56 Å². The van der Waals surface area contributed by atoms with Crippen LogP contribution >= 0.6 is 0 Å². The summed E-state index contributed by atoms with van der Waals surface area (Å²) in [6, 6.07) is 5.22. The van der Waals surface area contributed by atoms with Gasteiger partial charge in [-0.2, -0.15) is 4.98 Å². The summed E-state index contributed by atoms with van der Waals surface area (Å²) in [5, 5.41) is 15.1. The molecule has 0 fully saturated rings. The monoisotopic (exact) mass is 285 g/mol. The molecule has 0 atom stereocenters. The molecule has 2 aromatic rings. The van der Waals surface area contributed by atoms with Gasteiger partial charge in [-0.1, -0.05) is 23.1 Å². The molecule has 6 nitrogen and oxygen atoms in total. The summed E-state index contributed by atoms with van der Waals surface area (Å²) < 4.78 is 4.92. The molecule has 0 radical (unpaired) electrons. The number of hydrogen-bond acceptors (Lipinski definition) is 5. The lowest BCUT2D eigenvalue weighted by Crippen LogP contribution is -2.23. The number of nitrogens with zero attached hydrogens (tertiary/aromatic N) is 2. The van der Waals surface area contributed by atoms with E-state index in [0.29, 0.717) is 22.8 Å². The van der Waals surface area contributed by atoms with Crippen LogP contribution in [0.5, 0.6) is 0 Å². The molecule has 1 heterocycles. The van der Waals surface area contributed by atoms with E-state index in [2.05, 4.69) is 27.3 Å². The molecule has 2 N–H and O–H groups in total. The van der Waals surface area contributed by atoms with Gasteiger partial charge in [-0.3, -0.25) is 4.79 Å². The number of aromatic nitrogens is 2. The second-order valence-corrected chi connectivity index (χ2v) is 4.41. The Morgan fingerprint density at radius 2 is 2.24 bits per heavy atom. The Morgan fingerprint density at radius 3 is 2.90 bits per heavy atom. The predicted molar refractivity (Wildman–Crippen MR) is 75.3 cm³/mol. The summed E-state index contributed by atoms with van der Waals surface area (Å²) in [5.41, 5.74) is 2.14. The lowest BCUT2D eigenvalue weighted by Gasteiger charge is -2.05. The quantitative estimate of drug-likeness (QED) is 0.820. The summed E-state index contributed by atoms with van der Waals surface area (Å²) in [6.07, 6.45) is 0. The van der Waals surface area contributed by atoms with Gasteiger partial charge in [0.2, 0.25) is 5.89 Å². The average Bonchev–Trinajstić information content (AvgIpc) is 2.89. The molecular formula is C15H15N3O3. The van der Waals surface area contributed by atoms with Gasteiger partial charge in [-0.25, -0.2) is 0 Å². The highest BCUT2D eigenvalue weighted by molar-refractivity contribution is 5.94. The third-order valence-corrected chi connectivity index (χ3v) is 2.77. The van der Waals surface area contributed by atoms with Gasteiger partial charge in [0.25, 0.3) is 5.91 Å². The Morgan fingerprint density at radius 1 is 1.43 bits per heavy atom. The molecule has 21 heavy (non-hydrogen) atoms. The Labute approximate surface area is 122 Å². The first kappa shape index (κ1) is 14.8. The fourth-order valence-corrected chi connectivity index (χ4v) is 1.70. The van der Waals surface area contributed by atoms with E-state index in [-0.39, 0.29) is 19.1 Å². The van der Waals surface area contributed by atoms with Crippen molar-refractivity contribution in [3.05, 3.63) is 46.6 Å². The molecule has 108 valence electrons. The van der Waals surface area contributed by atoms with Crippen LogP contribution in [0.15, 0.2) is 22.7 Å². The zero-order valence-corrected chi connectivity index (χ0v) is 11.8. The van der Waals surface area contributed by atoms with Crippen molar-refractivity contribution in [2.24, 2.45) is 0 Å². The molecule has 1 aromatic heterocycles. The molecule has 0 aliphatic heterocycles. The first-order chi connectivity index (χ1) is 10.1. The topological polar surface area (TPSA) is 88.2 Å². The summed E-state index contributed by atoms with van der Waals surface area (Å²) in [6.45, 7) is 3.56. The lowest BCUT2D eigenvalue weighted by atomic mass is 10.0. The van der Waals surface area contributed by atoms with Gasteiger partial charge < -0.3 is 14.9 Å². The second-order valence-electron chi connectivity index (χ2n) is 4.41. The minimum Gasteiger partial charge on any atom is -0.384 e. The van der Waals surface area contributed by atoms with Crippen molar-refractivity contribution in [3.63, 3.8) is 0 Å². The summed E-state index contributed by atoms with van der Waals surface area (Å²) >= 11 is 0. The number of aliphatic hydroxyl groups is 1. The van der Waals surface area contributed by atoms with E-state index in [1.165, 1.54) is 0 Å². The van der Waals surface area contributed by atoms with Gasteiger partial charge in [-0.05, 0) is 31.5 Å². The van der Waals surface area contributed by atoms with Crippen molar-refractivity contribution >= 4 is 5.91 Å².